The van der Waals surface area contributed by atoms with Crippen molar-refractivity contribution in [2.24, 2.45) is 0 Å². The quantitative estimate of drug-likeness (QED) is 0.619. The summed E-state index contributed by atoms with van der Waals surface area (Å²) in [4.78, 5) is 24.2. The maximum Gasteiger partial charge on any atom is 0.360 e. The molecule has 0 aromatic carbocycles. The summed E-state index contributed by atoms with van der Waals surface area (Å²) in [6.45, 7) is -3.43. The zero-order valence-corrected chi connectivity index (χ0v) is 9.87. The summed E-state index contributed by atoms with van der Waals surface area (Å²) in [6.07, 6.45) is 1.36. The van der Waals surface area contributed by atoms with E-state index in [9.17, 15) is 9.36 Å². The minimum absolute atomic E-state index is 0.338. The van der Waals surface area contributed by atoms with Gasteiger partial charge < -0.3 is 10.6 Å². The van der Waals surface area contributed by atoms with Crippen molar-refractivity contribution < 1.29 is 9.46 Å². The lowest BCUT2D eigenvalue weighted by atomic mass is 10.6. The number of nitrogens with zero attached hydrogens (tertiary/aromatic N) is 2. The van der Waals surface area contributed by atoms with Crippen molar-refractivity contribution in [1.82, 2.24) is 14.6 Å². The molecule has 86 valence electrons. The van der Waals surface area contributed by atoms with Gasteiger partial charge in [0.2, 0.25) is 0 Å². The van der Waals surface area contributed by atoms with Gasteiger partial charge in [-0.3, -0.25) is 9.55 Å². The molecule has 0 aliphatic carbocycles. The number of nitrogens with two attached hydrogens (primary N) is 1. The molecular weight excluding hydrogens is 243 g/mol. The lowest BCUT2D eigenvalue weighted by molar-refractivity contribution is 0.431. The van der Waals surface area contributed by atoms with Gasteiger partial charge in [0.05, 0.1) is 0 Å². The van der Waals surface area contributed by atoms with Gasteiger partial charge in [-0.1, -0.05) is 0 Å². The molecule has 0 spiro atoms. The molecule has 7 nitrogen and oxygen atoms in total. The van der Waals surface area contributed by atoms with Crippen LogP contribution >= 0.6 is 18.1 Å². The van der Waals surface area contributed by atoms with Crippen LogP contribution in [0.2, 0.25) is 0 Å². The topological polar surface area (TPSA) is 112 Å². The molecule has 1 aromatic rings. The fourth-order valence-electron chi connectivity index (χ4n) is 0.383. The van der Waals surface area contributed by atoms with Crippen molar-refractivity contribution in [3.63, 3.8) is 0 Å². The molecule has 0 aliphatic rings. The molecule has 0 fully saturated rings. The molecule has 0 aliphatic heterocycles. The summed E-state index contributed by atoms with van der Waals surface area (Å²) < 4.78 is 11.2. The van der Waals surface area contributed by atoms with Crippen LogP contribution < -0.4 is 11.4 Å². The highest BCUT2D eigenvalue weighted by atomic mass is 35.7. The second-order valence-electron chi connectivity index (χ2n) is 2.65. The predicted octanol–water partition coefficient (Wildman–Crippen LogP) is 0.239. The Morgan fingerprint density at radius 2 is 2.13 bits per heavy atom. The van der Waals surface area contributed by atoms with E-state index >= 15 is 0 Å². The van der Waals surface area contributed by atoms with E-state index < -0.39 is 12.6 Å². The van der Waals surface area contributed by atoms with Gasteiger partial charge in [-0.25, -0.2) is 14.4 Å². The average molecular weight is 255 g/mol. The minimum Gasteiger partial charge on any atom is -0.385 e. The van der Waals surface area contributed by atoms with Gasteiger partial charge in [-0.05, 0) is 31.4 Å². The fraction of sp³-hybridized carbons (Fsp3) is 0.333. The van der Waals surface area contributed by atoms with Crippen LogP contribution in [0.15, 0.2) is 17.1 Å². The highest BCUT2D eigenvalue weighted by Crippen LogP contribution is 2.47. The van der Waals surface area contributed by atoms with Gasteiger partial charge in [-0.15, -0.1) is 0 Å². The number of anilines is 1. The summed E-state index contributed by atoms with van der Waals surface area (Å²) in [5.74, 6) is 0.338. The van der Waals surface area contributed by atoms with Crippen LogP contribution in [0.25, 0.3) is 0 Å². The van der Waals surface area contributed by atoms with Crippen LogP contribution in [0.4, 0.5) is 5.82 Å². The van der Waals surface area contributed by atoms with E-state index in [0.717, 1.165) is 4.67 Å². The Balaban J connectivity index is 0.000000265. The Morgan fingerprint density at radius 3 is 2.33 bits per heavy atom. The minimum atomic E-state index is -3.43. The van der Waals surface area contributed by atoms with Gasteiger partial charge in [0.1, 0.15) is 5.82 Å². The zero-order chi connectivity index (χ0) is 12.1. The molecule has 15 heavy (non-hydrogen) atoms. The fourth-order valence-corrected chi connectivity index (χ4v) is 0.383. The van der Waals surface area contributed by atoms with E-state index in [1.54, 1.807) is 0 Å². The molecule has 4 N–H and O–H groups in total. The lowest BCUT2D eigenvalue weighted by Gasteiger charge is -2.08. The number of nitrogens with one attached hydrogen (secondary N) is 1. The SMILES string of the molecule is CN(C)P(=O)(O)Cl.Nc1ccnc(=O)[nH]1. The number of hydrogen-bond acceptors (Lipinski definition) is 4. The van der Waals surface area contributed by atoms with Gasteiger partial charge >= 0.3 is 12.6 Å². The van der Waals surface area contributed by atoms with E-state index in [-0.39, 0.29) is 0 Å². The number of halogens is 1. The summed E-state index contributed by atoms with van der Waals surface area (Å²) in [6, 6.07) is 1.52. The molecule has 0 saturated heterocycles. The van der Waals surface area contributed by atoms with Crippen molar-refractivity contribution in [3.05, 3.63) is 22.7 Å². The highest BCUT2D eigenvalue weighted by Gasteiger charge is 2.14. The molecule has 0 saturated carbocycles. The van der Waals surface area contributed by atoms with Gasteiger partial charge in [0.15, 0.2) is 0 Å². The number of nitrogen functional groups attached to an aromatic ring is 1. The molecule has 1 unspecified atom stereocenters. The second-order valence-corrected chi connectivity index (χ2v) is 5.72. The number of aromatic nitrogens is 2. The summed E-state index contributed by atoms with van der Waals surface area (Å²) >= 11 is 4.91. The van der Waals surface area contributed by atoms with Crippen molar-refractivity contribution in [2.75, 3.05) is 19.8 Å². The Hall–Kier alpha value is -0.880. The Kier molecular flexibility index (Phi) is 5.53. The van der Waals surface area contributed by atoms with E-state index in [0.29, 0.717) is 5.82 Å². The predicted molar refractivity (Wildman–Crippen MR) is 58.6 cm³/mol. The second kappa shape index (κ2) is 5.87. The molecule has 0 bridgehead atoms. The van der Waals surface area contributed by atoms with E-state index in [1.807, 2.05) is 0 Å². The first kappa shape index (κ1) is 14.1. The Bertz CT molecular complexity index is 401. The van der Waals surface area contributed by atoms with Crippen molar-refractivity contribution in [3.8, 4) is 0 Å². The van der Waals surface area contributed by atoms with Crippen molar-refractivity contribution in [2.45, 2.75) is 0 Å². The average Bonchev–Trinajstić information content (AvgIpc) is 2.02. The van der Waals surface area contributed by atoms with Crippen LogP contribution in [-0.2, 0) is 4.57 Å². The molecular formula is C6H12ClN4O3P. The summed E-state index contributed by atoms with van der Waals surface area (Å²) in [5.41, 5.74) is 4.75. The van der Waals surface area contributed by atoms with Gasteiger partial charge in [0, 0.05) is 6.20 Å². The number of rotatable bonds is 1. The van der Waals surface area contributed by atoms with Crippen molar-refractivity contribution in [1.29, 1.82) is 0 Å². The first-order valence-electron chi connectivity index (χ1n) is 3.74. The first-order valence-corrected chi connectivity index (χ1v) is 6.26. The van der Waals surface area contributed by atoms with E-state index in [2.05, 4.69) is 9.97 Å². The van der Waals surface area contributed by atoms with Gasteiger partial charge in [0.25, 0.3) is 0 Å². The number of H-pyrrole nitrogens is 1. The van der Waals surface area contributed by atoms with Crippen molar-refractivity contribution >= 4 is 23.9 Å². The normalized spacial score (nSPS) is 13.9. The summed E-state index contributed by atoms with van der Waals surface area (Å²) in [7, 11) is 2.88. The molecule has 9 heteroatoms. The van der Waals surface area contributed by atoms with Crippen LogP contribution in [0, 0.1) is 0 Å². The summed E-state index contributed by atoms with van der Waals surface area (Å²) in [5, 5.41) is 0. The maximum atomic E-state index is 10.2. The van der Waals surface area contributed by atoms with Crippen LogP contribution in [0.5, 0.6) is 0 Å². The lowest BCUT2D eigenvalue weighted by Crippen LogP contribution is -2.10. The molecule has 1 heterocycles. The third kappa shape index (κ3) is 7.10. The number of aromatic amines is 1. The monoisotopic (exact) mass is 254 g/mol. The third-order valence-electron chi connectivity index (χ3n) is 1.19. The third-order valence-corrected chi connectivity index (χ3v) is 3.08. The van der Waals surface area contributed by atoms with Crippen LogP contribution in [-0.4, -0.2) is 33.6 Å². The molecule has 1 atom stereocenters. The Labute approximate surface area is 91.2 Å². The molecule has 1 rings (SSSR count). The van der Waals surface area contributed by atoms with Gasteiger partial charge in [-0.2, -0.15) is 0 Å². The van der Waals surface area contributed by atoms with E-state index in [1.165, 1.54) is 26.4 Å². The largest absolute Gasteiger partial charge is 0.385 e. The van der Waals surface area contributed by atoms with Crippen LogP contribution in [0.1, 0.15) is 0 Å². The molecule has 0 radical (unpaired) electrons. The highest BCUT2D eigenvalue weighted by molar-refractivity contribution is 7.82. The van der Waals surface area contributed by atoms with E-state index in [4.69, 9.17) is 21.9 Å². The first-order chi connectivity index (χ1) is 6.73. The number of hydrogen-bond donors (Lipinski definition) is 3. The van der Waals surface area contributed by atoms with Crippen LogP contribution in [0.3, 0.4) is 0 Å². The molecule has 0 amide bonds. The standard InChI is InChI=1S/C4H5N3O.C2H7ClNO2P/c5-3-1-2-6-4(8)7-3;1-4(2)7(3,5)6/h1-2H,(H3,5,6,7,8);1-2H3,(H,5,6). The Morgan fingerprint density at radius 1 is 1.67 bits per heavy atom. The zero-order valence-electron chi connectivity index (χ0n) is 8.22. The smallest absolute Gasteiger partial charge is 0.360 e. The molecule has 1 aromatic heterocycles. The maximum absolute atomic E-state index is 10.2.